The zero-order valence-electron chi connectivity index (χ0n) is 11.7. The van der Waals surface area contributed by atoms with E-state index in [0.717, 1.165) is 5.57 Å². The summed E-state index contributed by atoms with van der Waals surface area (Å²) in [4.78, 5) is 19.7. The Labute approximate surface area is 127 Å². The predicted molar refractivity (Wildman–Crippen MR) is 78.9 cm³/mol. The van der Waals surface area contributed by atoms with Crippen molar-refractivity contribution >= 4 is 11.5 Å². The number of ether oxygens (including phenoxy) is 2. The van der Waals surface area contributed by atoms with Crippen molar-refractivity contribution in [2.75, 3.05) is 13.2 Å². The summed E-state index contributed by atoms with van der Waals surface area (Å²) < 4.78 is 10.9. The monoisotopic (exact) mass is 298 g/mol. The molecule has 0 aliphatic carbocycles. The van der Waals surface area contributed by atoms with E-state index in [0.29, 0.717) is 31.2 Å². The quantitative estimate of drug-likeness (QED) is 0.934. The summed E-state index contributed by atoms with van der Waals surface area (Å²) in [6.45, 7) is 1.11. The first-order valence-electron chi connectivity index (χ1n) is 6.84. The van der Waals surface area contributed by atoms with Gasteiger partial charge in [-0.25, -0.2) is 9.78 Å². The largest absolute Gasteiger partial charge is 0.477 e. The molecule has 0 fully saturated rings. The third kappa shape index (κ3) is 3.12. The molecule has 1 aromatic carbocycles. The molecule has 22 heavy (non-hydrogen) atoms. The van der Waals surface area contributed by atoms with Crippen LogP contribution in [0.5, 0.6) is 11.6 Å². The maximum absolute atomic E-state index is 11.3. The number of benzene rings is 1. The summed E-state index contributed by atoms with van der Waals surface area (Å²) in [5.41, 5.74) is 0.862. The van der Waals surface area contributed by atoms with Gasteiger partial charge in [-0.15, -0.1) is 0 Å². The molecule has 1 N–H and O–H groups in total. The van der Waals surface area contributed by atoms with Gasteiger partial charge in [-0.3, -0.25) is 0 Å². The molecule has 1 aliphatic heterocycles. The van der Waals surface area contributed by atoms with Crippen LogP contribution in [0.2, 0.25) is 0 Å². The van der Waals surface area contributed by atoms with Crippen molar-refractivity contribution in [2.45, 2.75) is 6.42 Å². The van der Waals surface area contributed by atoms with Crippen LogP contribution in [-0.4, -0.2) is 34.3 Å². The highest BCUT2D eigenvalue weighted by molar-refractivity contribution is 5.90. The van der Waals surface area contributed by atoms with Crippen molar-refractivity contribution in [3.8, 4) is 11.6 Å². The first-order chi connectivity index (χ1) is 10.7. The van der Waals surface area contributed by atoms with Gasteiger partial charge >= 0.3 is 5.97 Å². The minimum atomic E-state index is -1.13. The van der Waals surface area contributed by atoms with Gasteiger partial charge in [0.05, 0.1) is 13.2 Å². The molecule has 0 saturated carbocycles. The van der Waals surface area contributed by atoms with Crippen LogP contribution in [0.4, 0.5) is 0 Å². The van der Waals surface area contributed by atoms with Crippen molar-refractivity contribution in [3.05, 3.63) is 54.0 Å². The molecule has 6 nitrogen and oxygen atoms in total. The molecule has 6 heteroatoms. The zero-order chi connectivity index (χ0) is 15.4. The van der Waals surface area contributed by atoms with Crippen LogP contribution < -0.4 is 4.74 Å². The lowest BCUT2D eigenvalue weighted by atomic mass is 10.1. The van der Waals surface area contributed by atoms with Crippen LogP contribution in [0, 0.1) is 0 Å². The van der Waals surface area contributed by atoms with E-state index in [1.54, 1.807) is 24.3 Å². The number of nitrogens with zero attached hydrogens (tertiary/aromatic N) is 2. The lowest BCUT2D eigenvalue weighted by Crippen LogP contribution is -2.09. The van der Waals surface area contributed by atoms with E-state index in [2.05, 4.69) is 9.97 Å². The van der Waals surface area contributed by atoms with E-state index in [1.807, 2.05) is 12.1 Å². The highest BCUT2D eigenvalue weighted by Crippen LogP contribution is 2.26. The topological polar surface area (TPSA) is 81.5 Å². The minimum Gasteiger partial charge on any atom is -0.477 e. The third-order valence-corrected chi connectivity index (χ3v) is 3.19. The fourth-order valence-corrected chi connectivity index (χ4v) is 2.08. The van der Waals surface area contributed by atoms with Gasteiger partial charge in [0.1, 0.15) is 11.3 Å². The molecule has 0 amide bonds. The van der Waals surface area contributed by atoms with Crippen LogP contribution in [0.3, 0.4) is 0 Å². The number of hydrogen-bond donors (Lipinski definition) is 1. The molecule has 2 aromatic rings. The molecule has 3 rings (SSSR count). The second kappa shape index (κ2) is 6.36. The lowest BCUT2D eigenvalue weighted by Gasteiger charge is -2.14. The maximum Gasteiger partial charge on any atom is 0.342 e. The summed E-state index contributed by atoms with van der Waals surface area (Å²) in [7, 11) is 0. The van der Waals surface area contributed by atoms with Crippen LogP contribution in [0.15, 0.2) is 42.6 Å². The first-order valence-corrected chi connectivity index (χ1v) is 6.84. The number of para-hydroxylation sites is 1. The molecule has 2 heterocycles. The van der Waals surface area contributed by atoms with Gasteiger partial charge in [0.15, 0.2) is 5.82 Å². The number of aromatic carboxylic acids is 1. The van der Waals surface area contributed by atoms with E-state index in [1.165, 1.54) is 6.20 Å². The second-order valence-electron chi connectivity index (χ2n) is 4.69. The fourth-order valence-electron chi connectivity index (χ4n) is 2.08. The highest BCUT2D eigenvalue weighted by atomic mass is 16.5. The molecule has 1 aliphatic rings. The molecule has 0 radical (unpaired) electrons. The van der Waals surface area contributed by atoms with Gasteiger partial charge in [0.2, 0.25) is 5.88 Å². The maximum atomic E-state index is 11.3. The van der Waals surface area contributed by atoms with Gasteiger partial charge in [0.25, 0.3) is 0 Å². The lowest BCUT2D eigenvalue weighted by molar-refractivity contribution is 0.0692. The van der Waals surface area contributed by atoms with E-state index in [4.69, 9.17) is 9.47 Å². The Kier molecular flexibility index (Phi) is 4.11. The van der Waals surface area contributed by atoms with E-state index in [9.17, 15) is 9.90 Å². The number of carboxylic acid groups (broad SMARTS) is 1. The normalized spacial score (nSPS) is 14.3. The van der Waals surface area contributed by atoms with Gasteiger partial charge in [0, 0.05) is 6.20 Å². The third-order valence-electron chi connectivity index (χ3n) is 3.19. The van der Waals surface area contributed by atoms with Crippen LogP contribution in [0.1, 0.15) is 22.6 Å². The number of rotatable bonds is 4. The number of hydrogen-bond acceptors (Lipinski definition) is 5. The average Bonchev–Trinajstić information content (AvgIpc) is 2.56. The van der Waals surface area contributed by atoms with Crippen LogP contribution in [-0.2, 0) is 4.74 Å². The van der Waals surface area contributed by atoms with Gasteiger partial charge < -0.3 is 14.6 Å². The van der Waals surface area contributed by atoms with Crippen molar-refractivity contribution in [2.24, 2.45) is 0 Å². The number of aromatic nitrogens is 2. The molecule has 0 bridgehead atoms. The zero-order valence-corrected chi connectivity index (χ0v) is 11.7. The smallest absolute Gasteiger partial charge is 0.342 e. The molecule has 0 spiro atoms. The Morgan fingerprint density at radius 2 is 2.09 bits per heavy atom. The Balaban J connectivity index is 1.97. The molecule has 0 unspecified atom stereocenters. The van der Waals surface area contributed by atoms with Gasteiger partial charge in [-0.2, -0.15) is 4.98 Å². The highest BCUT2D eigenvalue weighted by Gasteiger charge is 2.18. The number of carboxylic acids is 1. The Hall–Kier alpha value is -2.73. The molecule has 0 saturated heterocycles. The van der Waals surface area contributed by atoms with E-state index >= 15 is 0 Å². The summed E-state index contributed by atoms with van der Waals surface area (Å²) in [6, 6.07) is 8.93. The molecular formula is C16H14N2O4. The first kappa shape index (κ1) is 14.2. The van der Waals surface area contributed by atoms with Gasteiger partial charge in [-0.05, 0) is 24.1 Å². The summed E-state index contributed by atoms with van der Waals surface area (Å²) in [6.07, 6.45) is 3.86. The Morgan fingerprint density at radius 1 is 1.27 bits per heavy atom. The second-order valence-corrected chi connectivity index (χ2v) is 4.69. The van der Waals surface area contributed by atoms with Crippen LogP contribution >= 0.6 is 0 Å². The van der Waals surface area contributed by atoms with E-state index in [-0.39, 0.29) is 11.4 Å². The van der Waals surface area contributed by atoms with Crippen LogP contribution in [0.25, 0.3) is 5.57 Å². The number of carbonyl (C=O) groups is 1. The van der Waals surface area contributed by atoms with E-state index < -0.39 is 5.97 Å². The predicted octanol–water partition coefficient (Wildman–Crippen LogP) is 2.77. The molecule has 1 aromatic heterocycles. The van der Waals surface area contributed by atoms with Crippen molar-refractivity contribution in [1.82, 2.24) is 9.97 Å². The molecular weight excluding hydrogens is 284 g/mol. The summed E-state index contributed by atoms with van der Waals surface area (Å²) >= 11 is 0. The minimum absolute atomic E-state index is 0.0380. The van der Waals surface area contributed by atoms with Crippen molar-refractivity contribution in [1.29, 1.82) is 0 Å². The average molecular weight is 298 g/mol. The fraction of sp³-hybridized carbons (Fsp3) is 0.188. The van der Waals surface area contributed by atoms with Gasteiger partial charge in [-0.1, -0.05) is 24.3 Å². The summed E-state index contributed by atoms with van der Waals surface area (Å²) in [5.74, 6) is -0.0932. The Morgan fingerprint density at radius 3 is 2.77 bits per heavy atom. The standard InChI is InChI=1S/C16H14N2O4/c19-16(20)13-10-17-14(11-6-8-21-9-7-11)18-15(13)22-12-4-2-1-3-5-12/h1-6,10H,7-9H2,(H,19,20). The summed E-state index contributed by atoms with van der Waals surface area (Å²) in [5, 5.41) is 9.25. The van der Waals surface area contributed by atoms with Crippen molar-refractivity contribution in [3.63, 3.8) is 0 Å². The molecule has 112 valence electrons. The SMILES string of the molecule is O=C(O)c1cnc(C2=CCOCC2)nc1Oc1ccccc1. The Bertz CT molecular complexity index is 713. The van der Waals surface area contributed by atoms with Crippen molar-refractivity contribution < 1.29 is 19.4 Å². The molecule has 0 atom stereocenters.